The molecule has 1 saturated heterocycles. The fourth-order valence-electron chi connectivity index (χ4n) is 5.26. The van der Waals surface area contributed by atoms with Crippen LogP contribution >= 0.6 is 12.2 Å². The minimum absolute atomic E-state index is 0.150. The Kier molecular flexibility index (Phi) is 7.62. The van der Waals surface area contributed by atoms with Gasteiger partial charge in [0, 0.05) is 41.9 Å². The zero-order valence-corrected chi connectivity index (χ0v) is 22.8. The van der Waals surface area contributed by atoms with Crippen molar-refractivity contribution < 1.29 is 18.0 Å². The van der Waals surface area contributed by atoms with Crippen molar-refractivity contribution >= 4 is 28.9 Å². The third kappa shape index (κ3) is 5.58. The molecule has 1 amide bonds. The molecule has 0 bridgehead atoms. The molecule has 0 spiro atoms. The third-order valence-electron chi connectivity index (χ3n) is 7.06. The van der Waals surface area contributed by atoms with Crippen LogP contribution in [-0.4, -0.2) is 32.0 Å². The molecule has 0 unspecified atom stereocenters. The summed E-state index contributed by atoms with van der Waals surface area (Å²) >= 11 is 5.73. The molecule has 1 fully saturated rings. The fraction of sp³-hybridized carbons (Fsp3) is 0.233. The highest BCUT2D eigenvalue weighted by Crippen LogP contribution is 2.42. The SMILES string of the molecule is Cc1cc([C@H]2[C@H](c3ccccn3)NC(=S)N2CCC(=O)Nc2ccccc2)c(C)n1-c1cccc(C(F)(F)F)c1. The van der Waals surface area contributed by atoms with Crippen molar-refractivity contribution in [1.82, 2.24) is 19.8 Å². The van der Waals surface area contributed by atoms with Gasteiger partial charge < -0.3 is 20.1 Å². The number of halogens is 3. The second-order valence-corrected chi connectivity index (χ2v) is 10.1. The van der Waals surface area contributed by atoms with Gasteiger partial charge in [-0.05, 0) is 80.2 Å². The zero-order chi connectivity index (χ0) is 28.4. The molecular weight excluding hydrogens is 535 g/mol. The lowest BCUT2D eigenvalue weighted by Crippen LogP contribution is -2.32. The predicted octanol–water partition coefficient (Wildman–Crippen LogP) is 6.51. The number of aromatic nitrogens is 2. The number of anilines is 1. The normalized spacial score (nSPS) is 17.1. The highest BCUT2D eigenvalue weighted by Gasteiger charge is 2.41. The summed E-state index contributed by atoms with van der Waals surface area (Å²) in [5.41, 5.74) is 3.66. The van der Waals surface area contributed by atoms with Crippen LogP contribution in [0.5, 0.6) is 0 Å². The van der Waals surface area contributed by atoms with Crippen LogP contribution in [0.15, 0.2) is 85.1 Å². The summed E-state index contributed by atoms with van der Waals surface area (Å²) in [6.45, 7) is 4.09. The van der Waals surface area contributed by atoms with Crippen LogP contribution in [0, 0.1) is 13.8 Å². The van der Waals surface area contributed by atoms with Gasteiger partial charge in [-0.2, -0.15) is 13.2 Å². The molecule has 1 aliphatic rings. The summed E-state index contributed by atoms with van der Waals surface area (Å²) in [6, 6.07) is 21.5. The number of carbonyl (C=O) groups is 1. The zero-order valence-electron chi connectivity index (χ0n) is 21.9. The molecule has 206 valence electrons. The highest BCUT2D eigenvalue weighted by molar-refractivity contribution is 7.80. The van der Waals surface area contributed by atoms with E-state index in [0.717, 1.165) is 34.8 Å². The Morgan fingerprint density at radius 2 is 1.77 bits per heavy atom. The topological polar surface area (TPSA) is 62.2 Å². The number of pyridine rings is 1. The third-order valence-corrected chi connectivity index (χ3v) is 7.41. The molecule has 4 aromatic rings. The molecule has 3 heterocycles. The van der Waals surface area contributed by atoms with E-state index in [1.54, 1.807) is 12.3 Å². The minimum Gasteiger partial charge on any atom is -0.352 e. The van der Waals surface area contributed by atoms with Crippen LogP contribution in [0.4, 0.5) is 18.9 Å². The summed E-state index contributed by atoms with van der Waals surface area (Å²) in [4.78, 5) is 19.3. The number of carbonyl (C=O) groups excluding carboxylic acids is 1. The lowest BCUT2D eigenvalue weighted by atomic mass is 9.96. The smallest absolute Gasteiger partial charge is 0.352 e. The van der Waals surface area contributed by atoms with Crippen molar-refractivity contribution in [2.45, 2.75) is 38.5 Å². The van der Waals surface area contributed by atoms with E-state index in [2.05, 4.69) is 15.6 Å². The van der Waals surface area contributed by atoms with Crippen molar-refractivity contribution in [2.75, 3.05) is 11.9 Å². The van der Waals surface area contributed by atoms with Gasteiger partial charge in [0.25, 0.3) is 0 Å². The van der Waals surface area contributed by atoms with E-state index in [0.29, 0.717) is 23.0 Å². The first-order valence-corrected chi connectivity index (χ1v) is 13.2. The van der Waals surface area contributed by atoms with Gasteiger partial charge in [-0.25, -0.2) is 0 Å². The quantitative estimate of drug-likeness (QED) is 0.251. The van der Waals surface area contributed by atoms with Crippen LogP contribution in [0.25, 0.3) is 5.69 Å². The molecule has 2 N–H and O–H groups in total. The molecule has 2 aromatic heterocycles. The number of hydrogen-bond donors (Lipinski definition) is 2. The van der Waals surface area contributed by atoms with Crippen molar-refractivity contribution in [3.63, 3.8) is 0 Å². The maximum Gasteiger partial charge on any atom is 0.416 e. The van der Waals surface area contributed by atoms with Gasteiger partial charge in [0.15, 0.2) is 5.11 Å². The summed E-state index contributed by atoms with van der Waals surface area (Å²) in [7, 11) is 0. The lowest BCUT2D eigenvalue weighted by molar-refractivity contribution is -0.137. The van der Waals surface area contributed by atoms with E-state index in [4.69, 9.17) is 12.2 Å². The van der Waals surface area contributed by atoms with Gasteiger partial charge in [0.1, 0.15) is 0 Å². The molecular formula is C30H28F3N5OS. The Hall–Kier alpha value is -4.18. The first-order valence-electron chi connectivity index (χ1n) is 12.8. The maximum atomic E-state index is 13.5. The molecule has 1 aliphatic heterocycles. The van der Waals surface area contributed by atoms with E-state index in [1.165, 1.54) is 6.07 Å². The van der Waals surface area contributed by atoms with E-state index in [1.807, 2.05) is 77.9 Å². The summed E-state index contributed by atoms with van der Waals surface area (Å²) < 4.78 is 42.3. The van der Waals surface area contributed by atoms with Gasteiger partial charge >= 0.3 is 6.18 Å². The Labute approximate surface area is 235 Å². The molecule has 40 heavy (non-hydrogen) atoms. The molecule has 6 nitrogen and oxygen atoms in total. The number of aryl methyl sites for hydroxylation is 1. The number of nitrogens with one attached hydrogen (secondary N) is 2. The maximum absolute atomic E-state index is 13.5. The molecule has 0 aliphatic carbocycles. The monoisotopic (exact) mass is 563 g/mol. The van der Waals surface area contributed by atoms with Crippen LogP contribution in [0.3, 0.4) is 0 Å². The molecule has 0 radical (unpaired) electrons. The number of para-hydroxylation sites is 1. The lowest BCUT2D eigenvalue weighted by Gasteiger charge is -2.28. The van der Waals surface area contributed by atoms with Crippen LogP contribution in [0.2, 0.25) is 0 Å². The average molecular weight is 564 g/mol. The molecule has 0 saturated carbocycles. The first kappa shape index (κ1) is 27.4. The predicted molar refractivity (Wildman–Crippen MR) is 152 cm³/mol. The number of hydrogen-bond acceptors (Lipinski definition) is 3. The van der Waals surface area contributed by atoms with Crippen molar-refractivity contribution in [3.8, 4) is 5.69 Å². The van der Waals surface area contributed by atoms with E-state index >= 15 is 0 Å². The van der Waals surface area contributed by atoms with E-state index in [-0.39, 0.29) is 24.4 Å². The number of alkyl halides is 3. The Morgan fingerprint density at radius 3 is 2.48 bits per heavy atom. The minimum atomic E-state index is -4.45. The van der Waals surface area contributed by atoms with Crippen LogP contribution in [0.1, 0.15) is 46.7 Å². The fourth-order valence-corrected chi connectivity index (χ4v) is 5.59. The highest BCUT2D eigenvalue weighted by atomic mass is 32.1. The number of rotatable bonds is 7. The van der Waals surface area contributed by atoms with Gasteiger partial charge in [0.2, 0.25) is 5.91 Å². The van der Waals surface area contributed by atoms with E-state index < -0.39 is 11.7 Å². The molecule has 2 aromatic carbocycles. The Balaban J connectivity index is 1.50. The van der Waals surface area contributed by atoms with Gasteiger partial charge in [-0.3, -0.25) is 9.78 Å². The van der Waals surface area contributed by atoms with Crippen molar-refractivity contribution in [3.05, 3.63) is 113 Å². The van der Waals surface area contributed by atoms with Gasteiger partial charge in [0.05, 0.1) is 23.3 Å². The summed E-state index contributed by atoms with van der Waals surface area (Å²) in [5, 5.41) is 6.76. The van der Waals surface area contributed by atoms with Crippen LogP contribution < -0.4 is 10.6 Å². The van der Waals surface area contributed by atoms with Gasteiger partial charge in [-0.1, -0.05) is 30.3 Å². The largest absolute Gasteiger partial charge is 0.416 e. The van der Waals surface area contributed by atoms with Crippen molar-refractivity contribution in [1.29, 1.82) is 0 Å². The number of thiocarbonyl (C=S) groups is 1. The number of nitrogens with zero attached hydrogens (tertiary/aromatic N) is 3. The summed E-state index contributed by atoms with van der Waals surface area (Å²) in [5.74, 6) is -0.150. The Morgan fingerprint density at radius 1 is 1.02 bits per heavy atom. The molecule has 2 atom stereocenters. The summed E-state index contributed by atoms with van der Waals surface area (Å²) in [6.07, 6.45) is -2.55. The van der Waals surface area contributed by atoms with Gasteiger partial charge in [-0.15, -0.1) is 0 Å². The molecule has 10 heteroatoms. The van der Waals surface area contributed by atoms with E-state index in [9.17, 15) is 18.0 Å². The standard InChI is InChI=1S/C30H28F3N5OS/c1-19-17-24(20(2)38(19)23-12-8-9-21(18-23)30(31,32)33)28-27(25-13-6-7-15-34-25)36-29(40)37(28)16-14-26(39)35-22-10-4-3-5-11-22/h3-13,15,17-18,27-28H,14,16H2,1-2H3,(H,35,39)(H,36,40)/t27-,28-/m0/s1. The Bertz CT molecular complexity index is 1520. The second-order valence-electron chi connectivity index (χ2n) is 9.69. The molecule has 5 rings (SSSR count). The second kappa shape index (κ2) is 11.1. The number of benzene rings is 2. The number of amides is 1. The van der Waals surface area contributed by atoms with Crippen molar-refractivity contribution in [2.24, 2.45) is 0 Å². The van der Waals surface area contributed by atoms with Crippen LogP contribution in [-0.2, 0) is 11.0 Å². The average Bonchev–Trinajstić information content (AvgIpc) is 3.42. The first-order chi connectivity index (χ1) is 19.1.